The number of para-hydroxylation sites is 1. The Hall–Kier alpha value is -1.60. The monoisotopic (exact) mass is 419 g/mol. The Kier molecular flexibility index (Phi) is 6.76. The molecule has 0 aliphatic carbocycles. The number of rotatable bonds is 7. The lowest BCUT2D eigenvalue weighted by Crippen LogP contribution is -2.33. The number of nitrogens with zero attached hydrogens (tertiary/aromatic N) is 3. The fourth-order valence-corrected chi connectivity index (χ4v) is 4.51. The lowest BCUT2D eigenvalue weighted by Gasteiger charge is -2.21. The van der Waals surface area contributed by atoms with Gasteiger partial charge < -0.3 is 4.90 Å². The van der Waals surface area contributed by atoms with E-state index in [1.54, 1.807) is 16.7 Å². The first-order valence-electron chi connectivity index (χ1n) is 8.65. The van der Waals surface area contributed by atoms with Crippen molar-refractivity contribution < 1.29 is 4.79 Å². The molecule has 0 aliphatic rings. The molecule has 3 aromatic rings. The summed E-state index contributed by atoms with van der Waals surface area (Å²) in [5.74, 6) is -0.0279. The molecular weight excluding hydrogens is 398 g/mol. The van der Waals surface area contributed by atoms with Gasteiger partial charge in [0.25, 0.3) is 5.91 Å². The molecule has 0 saturated heterocycles. The number of benzene rings is 2. The maximum absolute atomic E-state index is 13.3. The third kappa shape index (κ3) is 4.82. The van der Waals surface area contributed by atoms with E-state index in [1.807, 2.05) is 62.8 Å². The zero-order valence-corrected chi connectivity index (χ0v) is 18.0. The summed E-state index contributed by atoms with van der Waals surface area (Å²) in [7, 11) is 4.07. The number of thioether (sulfide) groups is 1. The van der Waals surface area contributed by atoms with Crippen LogP contribution < -0.4 is 4.90 Å². The van der Waals surface area contributed by atoms with Crippen LogP contribution in [-0.4, -0.2) is 49.2 Å². The van der Waals surface area contributed by atoms with Crippen LogP contribution in [0.3, 0.4) is 0 Å². The Balaban J connectivity index is 1.96. The molecule has 0 spiro atoms. The van der Waals surface area contributed by atoms with Gasteiger partial charge in [-0.2, -0.15) is 0 Å². The van der Waals surface area contributed by atoms with Crippen LogP contribution in [0.1, 0.15) is 16.8 Å². The number of amides is 1. The van der Waals surface area contributed by atoms with E-state index in [0.29, 0.717) is 22.3 Å². The van der Waals surface area contributed by atoms with Gasteiger partial charge in [-0.1, -0.05) is 35.1 Å². The topological polar surface area (TPSA) is 36.4 Å². The molecule has 142 valence electrons. The Bertz CT molecular complexity index is 942. The lowest BCUT2D eigenvalue weighted by atomic mass is 10.2. The molecule has 0 atom stereocenters. The predicted molar refractivity (Wildman–Crippen MR) is 118 cm³/mol. The number of hydrogen-bond donors (Lipinski definition) is 0. The van der Waals surface area contributed by atoms with E-state index in [9.17, 15) is 4.79 Å². The van der Waals surface area contributed by atoms with Crippen LogP contribution in [0.15, 0.2) is 47.4 Å². The van der Waals surface area contributed by atoms with Gasteiger partial charge in [0.2, 0.25) is 0 Å². The molecule has 3 rings (SSSR count). The summed E-state index contributed by atoms with van der Waals surface area (Å²) >= 11 is 9.42. The van der Waals surface area contributed by atoms with E-state index < -0.39 is 0 Å². The molecule has 0 radical (unpaired) electrons. The second-order valence-electron chi connectivity index (χ2n) is 6.43. The molecule has 1 heterocycles. The van der Waals surface area contributed by atoms with E-state index in [2.05, 4.69) is 9.88 Å². The molecule has 0 N–H and O–H groups in total. The highest BCUT2D eigenvalue weighted by molar-refractivity contribution is 7.98. The molecular formula is C20H22ClN3OS2. The molecule has 2 aromatic carbocycles. The van der Waals surface area contributed by atoms with E-state index in [0.717, 1.165) is 28.1 Å². The maximum Gasteiger partial charge on any atom is 0.260 e. The van der Waals surface area contributed by atoms with Crippen LogP contribution in [-0.2, 0) is 0 Å². The highest BCUT2D eigenvalue weighted by atomic mass is 35.5. The minimum atomic E-state index is -0.0279. The van der Waals surface area contributed by atoms with Gasteiger partial charge in [-0.05, 0) is 63.6 Å². The van der Waals surface area contributed by atoms with Crippen molar-refractivity contribution in [3.8, 4) is 0 Å². The molecule has 27 heavy (non-hydrogen) atoms. The number of aromatic nitrogens is 1. The van der Waals surface area contributed by atoms with Gasteiger partial charge in [0, 0.05) is 17.0 Å². The van der Waals surface area contributed by atoms with Crippen molar-refractivity contribution in [1.82, 2.24) is 9.88 Å². The second-order valence-corrected chi connectivity index (χ2v) is 8.72. The molecule has 1 aromatic heterocycles. The quantitative estimate of drug-likeness (QED) is 0.489. The average Bonchev–Trinajstić information content (AvgIpc) is 3.10. The Labute approximate surface area is 173 Å². The van der Waals surface area contributed by atoms with Gasteiger partial charge in [-0.3, -0.25) is 9.69 Å². The first kappa shape index (κ1) is 20.1. The molecule has 0 unspecified atom stereocenters. The number of thiazole rings is 1. The van der Waals surface area contributed by atoms with Crippen LogP contribution in [0.5, 0.6) is 0 Å². The first-order chi connectivity index (χ1) is 13.0. The van der Waals surface area contributed by atoms with Crippen molar-refractivity contribution in [2.75, 3.05) is 38.3 Å². The molecule has 1 amide bonds. The molecule has 7 heteroatoms. The highest BCUT2D eigenvalue weighted by Crippen LogP contribution is 2.33. The van der Waals surface area contributed by atoms with Gasteiger partial charge >= 0.3 is 0 Å². The van der Waals surface area contributed by atoms with Gasteiger partial charge in [0.15, 0.2) is 5.13 Å². The minimum absolute atomic E-state index is 0.0279. The molecule has 4 nitrogen and oxygen atoms in total. The van der Waals surface area contributed by atoms with Crippen molar-refractivity contribution >= 4 is 56.0 Å². The third-order valence-electron chi connectivity index (χ3n) is 4.14. The Morgan fingerprint density at radius 2 is 1.96 bits per heavy atom. The van der Waals surface area contributed by atoms with E-state index >= 15 is 0 Å². The molecule has 0 fully saturated rings. The maximum atomic E-state index is 13.3. The summed E-state index contributed by atoms with van der Waals surface area (Å²) in [6.45, 7) is 1.51. The minimum Gasteiger partial charge on any atom is -0.309 e. The van der Waals surface area contributed by atoms with Crippen LogP contribution in [0.25, 0.3) is 10.2 Å². The summed E-state index contributed by atoms with van der Waals surface area (Å²) in [6.07, 6.45) is 2.87. The Morgan fingerprint density at radius 1 is 1.19 bits per heavy atom. The van der Waals surface area contributed by atoms with Gasteiger partial charge in [0.05, 0.1) is 9.72 Å². The summed E-state index contributed by atoms with van der Waals surface area (Å²) in [6, 6.07) is 13.5. The highest BCUT2D eigenvalue weighted by Gasteiger charge is 2.22. The first-order valence-corrected chi connectivity index (χ1v) is 11.1. The normalized spacial score (nSPS) is 11.3. The summed E-state index contributed by atoms with van der Waals surface area (Å²) in [4.78, 5) is 22.9. The second kappa shape index (κ2) is 9.06. The van der Waals surface area contributed by atoms with Crippen molar-refractivity contribution in [2.45, 2.75) is 11.3 Å². The SMILES string of the molecule is CSc1cccc(C(=O)N(CCCN(C)C)c2nc3c(Cl)cccc3s2)c1. The van der Waals surface area contributed by atoms with E-state index in [1.165, 1.54) is 11.3 Å². The number of anilines is 1. The summed E-state index contributed by atoms with van der Waals surface area (Å²) in [5, 5.41) is 1.30. The zero-order valence-electron chi connectivity index (χ0n) is 15.6. The predicted octanol–water partition coefficient (Wildman–Crippen LogP) is 5.27. The van der Waals surface area contributed by atoms with Crippen LogP contribution >= 0.6 is 34.7 Å². The summed E-state index contributed by atoms with van der Waals surface area (Å²) < 4.78 is 0.987. The van der Waals surface area contributed by atoms with Gasteiger partial charge in [-0.25, -0.2) is 4.98 Å². The summed E-state index contributed by atoms with van der Waals surface area (Å²) in [5.41, 5.74) is 1.43. The average molecular weight is 420 g/mol. The van der Waals surface area contributed by atoms with Crippen LogP contribution in [0.2, 0.25) is 5.02 Å². The Morgan fingerprint density at radius 3 is 2.67 bits per heavy atom. The molecule has 0 aliphatic heterocycles. The zero-order chi connectivity index (χ0) is 19.4. The van der Waals surface area contributed by atoms with Gasteiger partial charge in [-0.15, -0.1) is 11.8 Å². The molecule has 0 saturated carbocycles. The smallest absolute Gasteiger partial charge is 0.260 e. The number of carbonyl (C=O) groups is 1. The van der Waals surface area contributed by atoms with E-state index in [-0.39, 0.29) is 5.91 Å². The number of hydrogen-bond acceptors (Lipinski definition) is 5. The lowest BCUT2D eigenvalue weighted by molar-refractivity contribution is 0.0986. The van der Waals surface area contributed by atoms with E-state index in [4.69, 9.17) is 11.6 Å². The van der Waals surface area contributed by atoms with Crippen LogP contribution in [0.4, 0.5) is 5.13 Å². The standard InChI is InChI=1S/C20H22ClN3OS2/c1-23(2)11-6-12-24(19(25)14-7-4-8-15(13-14)26-3)20-22-18-16(21)9-5-10-17(18)27-20/h4-5,7-10,13H,6,11-12H2,1-3H3. The van der Waals surface area contributed by atoms with Crippen molar-refractivity contribution in [3.63, 3.8) is 0 Å². The van der Waals surface area contributed by atoms with Crippen molar-refractivity contribution in [1.29, 1.82) is 0 Å². The number of fused-ring (bicyclic) bond motifs is 1. The fraction of sp³-hybridized carbons (Fsp3) is 0.300. The fourth-order valence-electron chi connectivity index (χ4n) is 2.76. The largest absolute Gasteiger partial charge is 0.309 e. The van der Waals surface area contributed by atoms with Crippen molar-refractivity contribution in [3.05, 3.63) is 53.1 Å². The third-order valence-corrected chi connectivity index (χ3v) is 6.21. The molecule has 0 bridgehead atoms. The number of carbonyl (C=O) groups excluding carboxylic acids is 1. The number of halogens is 1. The van der Waals surface area contributed by atoms with Crippen LogP contribution in [0, 0.1) is 0 Å². The van der Waals surface area contributed by atoms with Gasteiger partial charge in [0.1, 0.15) is 5.52 Å². The van der Waals surface area contributed by atoms with Crippen molar-refractivity contribution in [2.24, 2.45) is 0 Å².